The van der Waals surface area contributed by atoms with Gasteiger partial charge in [-0.15, -0.1) is 0 Å². The smallest absolute Gasteiger partial charge is 0.240 e. The van der Waals surface area contributed by atoms with Crippen molar-refractivity contribution in [2.75, 3.05) is 17.6 Å². The number of sulfonamides is 1. The van der Waals surface area contributed by atoms with Gasteiger partial charge in [-0.05, 0) is 30.2 Å². The summed E-state index contributed by atoms with van der Waals surface area (Å²) in [6, 6.07) is 7.69. The van der Waals surface area contributed by atoms with Crippen LogP contribution in [-0.2, 0) is 10.0 Å². The van der Waals surface area contributed by atoms with Gasteiger partial charge in [-0.2, -0.15) is 10.2 Å². The minimum absolute atomic E-state index is 0.0647. The number of rotatable bonds is 7. The number of nitrogen functional groups attached to an aromatic ring is 1. The lowest BCUT2D eigenvalue weighted by atomic mass is 10.1. The first kappa shape index (κ1) is 19.6. The van der Waals surface area contributed by atoms with Gasteiger partial charge in [0.1, 0.15) is 17.5 Å². The van der Waals surface area contributed by atoms with Crippen molar-refractivity contribution in [1.29, 1.82) is 5.26 Å². The van der Waals surface area contributed by atoms with Gasteiger partial charge in [0.05, 0.1) is 11.1 Å². The third kappa shape index (κ3) is 4.89. The quantitative estimate of drug-likeness (QED) is 0.556. The van der Waals surface area contributed by atoms with Gasteiger partial charge in [0.25, 0.3) is 0 Å². The molecule has 26 heavy (non-hydrogen) atoms. The van der Waals surface area contributed by atoms with E-state index in [1.807, 2.05) is 19.9 Å². The van der Waals surface area contributed by atoms with Crippen LogP contribution in [0, 0.1) is 17.2 Å². The van der Waals surface area contributed by atoms with Crippen LogP contribution >= 0.6 is 0 Å². The monoisotopic (exact) mass is 375 g/mol. The first-order valence-electron chi connectivity index (χ1n) is 7.88. The molecule has 1 aromatic heterocycles. The lowest BCUT2D eigenvalue weighted by molar-refractivity contribution is 0.481. The average molecular weight is 375 g/mol. The Balaban J connectivity index is 2.08. The number of benzene rings is 1. The number of nitrogens with one attached hydrogen (secondary N) is 2. The standard InChI is InChI=1S/C16H21N7O2S/c1-10(2)14(18)9-21-26(24,25)13-5-3-12(4-6-13)22-16-20-8-11(7-17)15(19)23-16/h3-6,8,10,14,21H,9,18H2,1-2H3,(H3,19,20,22,23). The first-order chi connectivity index (χ1) is 12.2. The molecule has 10 heteroatoms. The van der Waals surface area contributed by atoms with Crippen molar-refractivity contribution in [2.45, 2.75) is 24.8 Å². The van der Waals surface area contributed by atoms with Crippen LogP contribution in [0.4, 0.5) is 17.5 Å². The maximum Gasteiger partial charge on any atom is 0.240 e. The second kappa shape index (κ2) is 8.09. The van der Waals surface area contributed by atoms with Crippen LogP contribution in [0.15, 0.2) is 35.4 Å². The summed E-state index contributed by atoms with van der Waals surface area (Å²) in [6.07, 6.45) is 1.31. The van der Waals surface area contributed by atoms with Gasteiger partial charge in [-0.1, -0.05) is 13.8 Å². The van der Waals surface area contributed by atoms with Crippen LogP contribution < -0.4 is 21.5 Å². The fourth-order valence-electron chi connectivity index (χ4n) is 1.91. The number of hydrogen-bond donors (Lipinski definition) is 4. The normalized spacial score (nSPS) is 12.6. The lowest BCUT2D eigenvalue weighted by Gasteiger charge is -2.16. The Morgan fingerprint density at radius 1 is 1.27 bits per heavy atom. The van der Waals surface area contributed by atoms with Gasteiger partial charge < -0.3 is 16.8 Å². The molecule has 2 aromatic rings. The number of aromatic nitrogens is 2. The highest BCUT2D eigenvalue weighted by Crippen LogP contribution is 2.18. The second-order valence-electron chi connectivity index (χ2n) is 6.01. The molecule has 2 rings (SSSR count). The molecule has 0 saturated carbocycles. The summed E-state index contributed by atoms with van der Waals surface area (Å²) < 4.78 is 27.1. The van der Waals surface area contributed by atoms with Crippen molar-refractivity contribution in [1.82, 2.24) is 14.7 Å². The Morgan fingerprint density at radius 3 is 2.46 bits per heavy atom. The SMILES string of the molecule is CC(C)C(N)CNS(=O)(=O)c1ccc(Nc2ncc(C#N)c(N)n2)cc1. The molecule has 1 aromatic carbocycles. The van der Waals surface area contributed by atoms with Crippen molar-refractivity contribution in [2.24, 2.45) is 11.7 Å². The molecule has 1 heterocycles. The number of nitrogens with zero attached hydrogens (tertiary/aromatic N) is 3. The predicted octanol–water partition coefficient (Wildman–Crippen LogP) is 0.936. The fourth-order valence-corrected chi connectivity index (χ4v) is 2.99. The Kier molecular flexibility index (Phi) is 6.10. The Hall–Kier alpha value is -2.74. The highest BCUT2D eigenvalue weighted by Gasteiger charge is 2.16. The molecule has 1 unspecified atom stereocenters. The van der Waals surface area contributed by atoms with E-state index in [0.717, 1.165) is 0 Å². The number of nitriles is 1. The molecule has 138 valence electrons. The molecule has 0 radical (unpaired) electrons. The molecule has 0 aliphatic rings. The van der Waals surface area contributed by atoms with Gasteiger partial charge in [0, 0.05) is 18.3 Å². The number of anilines is 3. The predicted molar refractivity (Wildman–Crippen MR) is 98.9 cm³/mol. The number of nitrogens with two attached hydrogens (primary N) is 2. The summed E-state index contributed by atoms with van der Waals surface area (Å²) in [7, 11) is -3.64. The Morgan fingerprint density at radius 2 is 1.92 bits per heavy atom. The fraction of sp³-hybridized carbons (Fsp3) is 0.312. The Labute approximate surface area is 152 Å². The largest absolute Gasteiger partial charge is 0.382 e. The van der Waals surface area contributed by atoms with E-state index in [1.54, 1.807) is 12.1 Å². The van der Waals surface area contributed by atoms with Crippen LogP contribution in [0.25, 0.3) is 0 Å². The summed E-state index contributed by atoms with van der Waals surface area (Å²) in [5, 5.41) is 11.7. The van der Waals surface area contributed by atoms with Crippen LogP contribution in [0.2, 0.25) is 0 Å². The molecule has 1 atom stereocenters. The van der Waals surface area contributed by atoms with Gasteiger partial charge in [0.2, 0.25) is 16.0 Å². The first-order valence-corrected chi connectivity index (χ1v) is 9.36. The molecule has 0 aliphatic carbocycles. The van der Waals surface area contributed by atoms with Gasteiger partial charge in [-0.25, -0.2) is 18.1 Å². The zero-order valence-corrected chi connectivity index (χ0v) is 15.3. The van der Waals surface area contributed by atoms with E-state index in [-0.39, 0.29) is 40.7 Å². The van der Waals surface area contributed by atoms with Gasteiger partial charge in [-0.3, -0.25) is 0 Å². The van der Waals surface area contributed by atoms with Gasteiger partial charge >= 0.3 is 0 Å². The van der Waals surface area contributed by atoms with Crippen LogP contribution in [0.1, 0.15) is 19.4 Å². The van der Waals surface area contributed by atoms with E-state index in [0.29, 0.717) is 5.69 Å². The molecular weight excluding hydrogens is 354 g/mol. The topological polar surface area (TPSA) is 160 Å². The summed E-state index contributed by atoms with van der Waals surface area (Å²) in [4.78, 5) is 8.06. The molecule has 0 spiro atoms. The lowest BCUT2D eigenvalue weighted by Crippen LogP contribution is -2.40. The number of hydrogen-bond acceptors (Lipinski definition) is 8. The van der Waals surface area contributed by atoms with E-state index in [4.69, 9.17) is 16.7 Å². The molecular formula is C16H21N7O2S. The van der Waals surface area contributed by atoms with Crippen LogP contribution in [0.3, 0.4) is 0 Å². The zero-order valence-electron chi connectivity index (χ0n) is 14.5. The van der Waals surface area contributed by atoms with Crippen molar-refractivity contribution in [3.05, 3.63) is 36.0 Å². The molecule has 0 aliphatic heterocycles. The summed E-state index contributed by atoms with van der Waals surface area (Å²) in [6.45, 7) is 4.02. The average Bonchev–Trinajstić information content (AvgIpc) is 2.60. The summed E-state index contributed by atoms with van der Waals surface area (Å²) in [5.41, 5.74) is 12.3. The third-order valence-electron chi connectivity index (χ3n) is 3.72. The second-order valence-corrected chi connectivity index (χ2v) is 7.78. The molecule has 6 N–H and O–H groups in total. The molecule has 0 saturated heterocycles. The summed E-state index contributed by atoms with van der Waals surface area (Å²) in [5.74, 6) is 0.442. The van der Waals surface area contributed by atoms with Crippen molar-refractivity contribution >= 4 is 27.5 Å². The molecule has 0 fully saturated rings. The molecule has 0 bridgehead atoms. The maximum atomic E-state index is 12.3. The minimum atomic E-state index is -3.64. The van der Waals surface area contributed by atoms with Gasteiger partial charge in [0.15, 0.2) is 0 Å². The van der Waals surface area contributed by atoms with Crippen LogP contribution in [-0.4, -0.2) is 31.0 Å². The minimum Gasteiger partial charge on any atom is -0.382 e. The maximum absolute atomic E-state index is 12.3. The molecule has 0 amide bonds. The highest BCUT2D eigenvalue weighted by atomic mass is 32.2. The van der Waals surface area contributed by atoms with E-state index in [2.05, 4.69) is 20.0 Å². The van der Waals surface area contributed by atoms with Crippen molar-refractivity contribution < 1.29 is 8.42 Å². The van der Waals surface area contributed by atoms with E-state index < -0.39 is 10.0 Å². The summed E-state index contributed by atoms with van der Waals surface area (Å²) >= 11 is 0. The van der Waals surface area contributed by atoms with E-state index >= 15 is 0 Å². The van der Waals surface area contributed by atoms with E-state index in [1.165, 1.54) is 18.3 Å². The zero-order chi connectivity index (χ0) is 19.3. The highest BCUT2D eigenvalue weighted by molar-refractivity contribution is 7.89. The van der Waals surface area contributed by atoms with E-state index in [9.17, 15) is 8.42 Å². The molecule has 9 nitrogen and oxygen atoms in total. The van der Waals surface area contributed by atoms with Crippen molar-refractivity contribution in [3.63, 3.8) is 0 Å². The third-order valence-corrected chi connectivity index (χ3v) is 5.16. The Bertz CT molecular complexity index is 905. The van der Waals surface area contributed by atoms with Crippen LogP contribution in [0.5, 0.6) is 0 Å². The van der Waals surface area contributed by atoms with Crippen molar-refractivity contribution in [3.8, 4) is 6.07 Å².